The SMILES string of the molecule is c1ccc(-c2cc(-c3cccc4ccccc34)c3ccc4c(-c5cccc6ccccc56)cc(-c5cccc6ccccc56)c5ccc2c3c54)cc1.c1ccc(-c2ccccc2)cc1. The highest BCUT2D eigenvalue weighted by Gasteiger charge is 2.22. The summed E-state index contributed by atoms with van der Waals surface area (Å²) >= 11 is 0. The van der Waals surface area contributed by atoms with E-state index in [1.54, 1.807) is 0 Å². The van der Waals surface area contributed by atoms with Crippen LogP contribution in [0.2, 0.25) is 0 Å². The van der Waals surface area contributed by atoms with E-state index in [2.05, 4.69) is 243 Å². The molecule has 0 aliphatic rings. The van der Waals surface area contributed by atoms with Gasteiger partial charge in [0.05, 0.1) is 0 Å². The summed E-state index contributed by atoms with van der Waals surface area (Å²) < 4.78 is 0. The second kappa shape index (κ2) is 15.9. The van der Waals surface area contributed by atoms with E-state index in [4.69, 9.17) is 0 Å². The number of benzene rings is 13. The van der Waals surface area contributed by atoms with Gasteiger partial charge in [-0.3, -0.25) is 0 Å². The summed E-state index contributed by atoms with van der Waals surface area (Å²) in [7, 11) is 0. The van der Waals surface area contributed by atoms with Crippen molar-refractivity contribution in [1.82, 2.24) is 0 Å². The first kappa shape index (κ1) is 37.4. The van der Waals surface area contributed by atoms with Gasteiger partial charge in [-0.05, 0) is 132 Å². The van der Waals surface area contributed by atoms with Crippen LogP contribution in [-0.4, -0.2) is 0 Å². The van der Waals surface area contributed by atoms with E-state index in [1.807, 2.05) is 12.1 Å². The smallest absolute Gasteiger partial charge is 0.00139 e. The molecular formula is C64H42. The molecule has 0 bridgehead atoms. The topological polar surface area (TPSA) is 0 Å². The summed E-state index contributed by atoms with van der Waals surface area (Å²) in [6.07, 6.45) is 0. The third-order valence-corrected chi connectivity index (χ3v) is 13.1. The predicted octanol–water partition coefficient (Wildman–Crippen LogP) is 18.1. The Morgan fingerprint density at radius 3 is 0.812 bits per heavy atom. The van der Waals surface area contributed by atoms with E-state index < -0.39 is 0 Å². The van der Waals surface area contributed by atoms with Gasteiger partial charge in [-0.2, -0.15) is 0 Å². The maximum atomic E-state index is 2.47. The molecule has 0 fully saturated rings. The van der Waals surface area contributed by atoms with Crippen LogP contribution >= 0.6 is 0 Å². The van der Waals surface area contributed by atoms with Crippen LogP contribution in [0.25, 0.3) is 120 Å². The van der Waals surface area contributed by atoms with Crippen molar-refractivity contribution in [3.63, 3.8) is 0 Å². The molecule has 0 saturated heterocycles. The molecule has 0 atom stereocenters. The molecule has 0 heteroatoms. The second-order valence-electron chi connectivity index (χ2n) is 16.7. The van der Waals surface area contributed by atoms with Gasteiger partial charge in [-0.15, -0.1) is 0 Å². The monoisotopic (exact) mass is 810 g/mol. The number of fused-ring (bicyclic) bond motifs is 3. The highest BCUT2D eigenvalue weighted by molar-refractivity contribution is 6.33. The maximum absolute atomic E-state index is 2.47. The van der Waals surface area contributed by atoms with Gasteiger partial charge in [-0.25, -0.2) is 0 Å². The van der Waals surface area contributed by atoms with Crippen molar-refractivity contribution in [2.45, 2.75) is 0 Å². The van der Waals surface area contributed by atoms with Crippen molar-refractivity contribution in [3.05, 3.63) is 255 Å². The van der Waals surface area contributed by atoms with E-state index >= 15 is 0 Å². The van der Waals surface area contributed by atoms with Crippen LogP contribution in [0.15, 0.2) is 255 Å². The molecule has 298 valence electrons. The van der Waals surface area contributed by atoms with Crippen LogP contribution in [0.1, 0.15) is 0 Å². The van der Waals surface area contributed by atoms with E-state index in [9.17, 15) is 0 Å². The predicted molar refractivity (Wildman–Crippen MR) is 276 cm³/mol. The van der Waals surface area contributed by atoms with Crippen molar-refractivity contribution in [1.29, 1.82) is 0 Å². The fraction of sp³-hybridized carbons (Fsp3) is 0. The number of hydrogen-bond acceptors (Lipinski definition) is 0. The Balaban J connectivity index is 0.000000312. The Morgan fingerprint density at radius 1 is 0.156 bits per heavy atom. The lowest BCUT2D eigenvalue weighted by molar-refractivity contribution is 1.62. The van der Waals surface area contributed by atoms with E-state index in [-0.39, 0.29) is 0 Å². The largest absolute Gasteiger partial charge is 0.0622 e. The molecule has 0 amide bonds. The number of rotatable bonds is 5. The summed E-state index contributed by atoms with van der Waals surface area (Å²) in [5.41, 5.74) is 12.6. The lowest BCUT2D eigenvalue weighted by Gasteiger charge is -2.22. The fourth-order valence-electron chi connectivity index (χ4n) is 10.2. The molecule has 0 aliphatic carbocycles. The second-order valence-corrected chi connectivity index (χ2v) is 16.7. The molecule has 0 saturated carbocycles. The third kappa shape index (κ3) is 6.39. The van der Waals surface area contributed by atoms with Gasteiger partial charge in [0, 0.05) is 0 Å². The van der Waals surface area contributed by atoms with Crippen molar-refractivity contribution < 1.29 is 0 Å². The Labute approximate surface area is 373 Å². The molecule has 13 aromatic carbocycles. The molecule has 13 rings (SSSR count). The standard InChI is InChI=1S/C52H32.C12H10/c1-2-13-36(14-3-1)47-31-48(40-24-10-18-33-15-4-7-21-37(33)40)44-29-30-46-50(42-26-12-20-35-17-6-9-23-39(35)42)32-49(45-28-27-43(47)51(44)52(45)46)41-25-11-19-34-16-5-8-22-38(34)41;1-3-7-11(8-4-1)12-9-5-2-6-10-12/h1-32H;1-10H. The summed E-state index contributed by atoms with van der Waals surface area (Å²) in [5, 5.41) is 15.3. The van der Waals surface area contributed by atoms with Crippen molar-refractivity contribution in [3.8, 4) is 55.6 Å². The van der Waals surface area contributed by atoms with Crippen LogP contribution in [0.5, 0.6) is 0 Å². The highest BCUT2D eigenvalue weighted by atomic mass is 14.3. The molecule has 0 aliphatic heterocycles. The average molecular weight is 811 g/mol. The molecule has 64 heavy (non-hydrogen) atoms. The first-order chi connectivity index (χ1) is 31.8. The third-order valence-electron chi connectivity index (χ3n) is 13.1. The van der Waals surface area contributed by atoms with Crippen LogP contribution in [0.4, 0.5) is 0 Å². The molecule has 0 radical (unpaired) electrons. The fourth-order valence-corrected chi connectivity index (χ4v) is 10.2. The van der Waals surface area contributed by atoms with E-state index in [1.165, 1.54) is 120 Å². The van der Waals surface area contributed by atoms with Gasteiger partial charge < -0.3 is 0 Å². The number of hydrogen-bond donors (Lipinski definition) is 0. The Kier molecular flexibility index (Phi) is 9.28. The summed E-state index contributed by atoms with van der Waals surface area (Å²) in [6.45, 7) is 0. The van der Waals surface area contributed by atoms with Gasteiger partial charge in [0.1, 0.15) is 0 Å². The molecule has 0 spiro atoms. The quantitative estimate of drug-likeness (QED) is 0.152. The van der Waals surface area contributed by atoms with Gasteiger partial charge in [0.15, 0.2) is 0 Å². The van der Waals surface area contributed by atoms with Gasteiger partial charge >= 0.3 is 0 Å². The Bertz CT molecular complexity index is 3660. The van der Waals surface area contributed by atoms with Crippen LogP contribution in [0.3, 0.4) is 0 Å². The first-order valence-corrected chi connectivity index (χ1v) is 22.2. The lowest BCUT2D eigenvalue weighted by atomic mass is 9.80. The molecule has 0 heterocycles. The molecule has 0 nitrogen and oxygen atoms in total. The molecule has 13 aromatic rings. The first-order valence-electron chi connectivity index (χ1n) is 22.2. The van der Waals surface area contributed by atoms with Crippen molar-refractivity contribution in [2.24, 2.45) is 0 Å². The van der Waals surface area contributed by atoms with Crippen LogP contribution in [0, 0.1) is 0 Å². The lowest BCUT2D eigenvalue weighted by Crippen LogP contribution is -1.95. The minimum Gasteiger partial charge on any atom is -0.0622 e. The van der Waals surface area contributed by atoms with Crippen LogP contribution < -0.4 is 0 Å². The van der Waals surface area contributed by atoms with Gasteiger partial charge in [0.2, 0.25) is 0 Å². The maximum Gasteiger partial charge on any atom is -0.00139 e. The highest BCUT2D eigenvalue weighted by Crippen LogP contribution is 2.50. The Hall–Kier alpha value is -8.32. The summed E-state index contributed by atoms with van der Waals surface area (Å²) in [5.74, 6) is 0. The van der Waals surface area contributed by atoms with E-state index in [0.29, 0.717) is 0 Å². The van der Waals surface area contributed by atoms with Gasteiger partial charge in [0.25, 0.3) is 0 Å². The summed E-state index contributed by atoms with van der Waals surface area (Å²) in [6, 6.07) is 92.7. The molecule has 0 aromatic heterocycles. The summed E-state index contributed by atoms with van der Waals surface area (Å²) in [4.78, 5) is 0. The minimum absolute atomic E-state index is 1.23. The molecule has 0 unspecified atom stereocenters. The van der Waals surface area contributed by atoms with Crippen molar-refractivity contribution >= 4 is 64.6 Å². The Morgan fingerprint density at radius 2 is 0.438 bits per heavy atom. The van der Waals surface area contributed by atoms with Gasteiger partial charge in [-0.1, -0.05) is 243 Å². The van der Waals surface area contributed by atoms with Crippen LogP contribution in [-0.2, 0) is 0 Å². The minimum atomic E-state index is 1.23. The molecular weight excluding hydrogens is 769 g/mol. The van der Waals surface area contributed by atoms with Crippen molar-refractivity contribution in [2.75, 3.05) is 0 Å². The average Bonchev–Trinajstić information content (AvgIpc) is 3.38. The zero-order valence-electron chi connectivity index (χ0n) is 35.2. The van der Waals surface area contributed by atoms with E-state index in [0.717, 1.165) is 0 Å². The zero-order chi connectivity index (χ0) is 42.4. The zero-order valence-corrected chi connectivity index (χ0v) is 35.2. The normalized spacial score (nSPS) is 11.4. The molecule has 0 N–H and O–H groups in total.